The minimum atomic E-state index is -3.54. The highest BCUT2D eigenvalue weighted by Gasteiger charge is 2.28. The molecule has 0 aliphatic carbocycles. The van der Waals surface area contributed by atoms with Gasteiger partial charge in [-0.05, 0) is 55.5 Å². The summed E-state index contributed by atoms with van der Waals surface area (Å²) in [5.41, 5.74) is 1.60. The molecule has 36 heavy (non-hydrogen) atoms. The molecule has 0 aliphatic rings. The molecule has 1 unspecified atom stereocenters. The molecule has 0 radical (unpaired) electrons. The van der Waals surface area contributed by atoms with Gasteiger partial charge in [-0.15, -0.1) is 0 Å². The number of ether oxygens (including phenoxy) is 1. The predicted molar refractivity (Wildman–Crippen MR) is 144 cm³/mol. The van der Waals surface area contributed by atoms with Gasteiger partial charge in [-0.1, -0.05) is 44.2 Å². The first-order valence-corrected chi connectivity index (χ1v) is 14.3. The maximum Gasteiger partial charge on any atom is 0.242 e. The van der Waals surface area contributed by atoms with Crippen molar-refractivity contribution in [1.82, 2.24) is 10.2 Å². The molecule has 0 heterocycles. The number of hydrogen-bond donors (Lipinski definition) is 1. The maximum absolute atomic E-state index is 13.4. The van der Waals surface area contributed by atoms with E-state index in [-0.39, 0.29) is 24.8 Å². The van der Waals surface area contributed by atoms with Crippen LogP contribution < -0.4 is 14.4 Å². The SMILES string of the molecule is CCCNC(=O)C(CC)N(CCc1ccccc1)C(=O)CCCN(c1ccc(OC)cc1)S(C)(=O)=O. The molecule has 2 amide bonds. The van der Waals surface area contributed by atoms with Crippen molar-refractivity contribution in [2.75, 3.05) is 37.3 Å². The number of hydrogen-bond acceptors (Lipinski definition) is 5. The molecule has 0 aromatic heterocycles. The molecule has 0 saturated heterocycles. The van der Waals surface area contributed by atoms with E-state index in [2.05, 4.69) is 5.32 Å². The lowest BCUT2D eigenvalue weighted by molar-refractivity contribution is -0.140. The van der Waals surface area contributed by atoms with Crippen LogP contribution in [0.3, 0.4) is 0 Å². The molecular formula is C27H39N3O5S. The molecule has 0 spiro atoms. The van der Waals surface area contributed by atoms with Crippen LogP contribution in [0, 0.1) is 0 Å². The Hall–Kier alpha value is -3.07. The van der Waals surface area contributed by atoms with Crippen molar-refractivity contribution >= 4 is 27.5 Å². The topological polar surface area (TPSA) is 96.0 Å². The first-order valence-electron chi connectivity index (χ1n) is 12.4. The zero-order valence-corrected chi connectivity index (χ0v) is 22.6. The average molecular weight is 518 g/mol. The largest absolute Gasteiger partial charge is 0.497 e. The second kappa shape index (κ2) is 14.5. The number of methoxy groups -OCH3 is 1. The van der Waals surface area contributed by atoms with Crippen molar-refractivity contribution in [2.24, 2.45) is 0 Å². The van der Waals surface area contributed by atoms with Gasteiger partial charge < -0.3 is 15.0 Å². The number of anilines is 1. The Morgan fingerprint density at radius 1 is 1.00 bits per heavy atom. The number of benzene rings is 2. The highest BCUT2D eigenvalue weighted by molar-refractivity contribution is 7.92. The second-order valence-corrected chi connectivity index (χ2v) is 10.6. The fourth-order valence-electron chi connectivity index (χ4n) is 4.01. The highest BCUT2D eigenvalue weighted by atomic mass is 32.2. The molecule has 9 heteroatoms. The van der Waals surface area contributed by atoms with Crippen LogP contribution in [-0.4, -0.2) is 64.2 Å². The van der Waals surface area contributed by atoms with Gasteiger partial charge in [0.15, 0.2) is 0 Å². The maximum atomic E-state index is 13.4. The first kappa shape index (κ1) is 29.2. The third-order valence-electron chi connectivity index (χ3n) is 5.93. The Balaban J connectivity index is 2.13. The van der Waals surface area contributed by atoms with E-state index in [0.29, 0.717) is 43.8 Å². The van der Waals surface area contributed by atoms with Gasteiger partial charge >= 0.3 is 0 Å². The molecule has 1 N–H and O–H groups in total. The van der Waals surface area contributed by atoms with E-state index in [1.165, 1.54) is 4.31 Å². The van der Waals surface area contributed by atoms with E-state index < -0.39 is 16.1 Å². The third-order valence-corrected chi connectivity index (χ3v) is 7.13. The summed E-state index contributed by atoms with van der Waals surface area (Å²) >= 11 is 0. The van der Waals surface area contributed by atoms with E-state index in [0.717, 1.165) is 18.2 Å². The van der Waals surface area contributed by atoms with Crippen LogP contribution in [0.25, 0.3) is 0 Å². The molecular weight excluding hydrogens is 478 g/mol. The lowest BCUT2D eigenvalue weighted by Crippen LogP contribution is -2.50. The Morgan fingerprint density at radius 3 is 2.22 bits per heavy atom. The van der Waals surface area contributed by atoms with Crippen LogP contribution in [0.15, 0.2) is 54.6 Å². The average Bonchev–Trinajstić information content (AvgIpc) is 2.87. The number of rotatable bonds is 15. The van der Waals surface area contributed by atoms with Crippen molar-refractivity contribution in [3.05, 3.63) is 60.2 Å². The van der Waals surface area contributed by atoms with Crippen LogP contribution in [0.5, 0.6) is 5.75 Å². The van der Waals surface area contributed by atoms with Gasteiger partial charge in [0.1, 0.15) is 11.8 Å². The number of amides is 2. The summed E-state index contributed by atoms with van der Waals surface area (Å²) in [4.78, 5) is 27.8. The van der Waals surface area contributed by atoms with Crippen molar-refractivity contribution in [3.8, 4) is 5.75 Å². The molecule has 2 aromatic carbocycles. The van der Waals surface area contributed by atoms with Crippen molar-refractivity contribution in [1.29, 1.82) is 0 Å². The summed E-state index contributed by atoms with van der Waals surface area (Å²) in [6, 6.07) is 16.0. The first-order chi connectivity index (χ1) is 17.2. The molecule has 0 bridgehead atoms. The normalized spacial score (nSPS) is 12.0. The molecule has 0 fully saturated rings. The lowest BCUT2D eigenvalue weighted by atomic mass is 10.1. The van der Waals surface area contributed by atoms with Gasteiger partial charge in [-0.3, -0.25) is 13.9 Å². The zero-order valence-electron chi connectivity index (χ0n) is 21.8. The van der Waals surface area contributed by atoms with Crippen LogP contribution in [-0.2, 0) is 26.0 Å². The van der Waals surface area contributed by atoms with Crippen LogP contribution >= 0.6 is 0 Å². The summed E-state index contributed by atoms with van der Waals surface area (Å²) < 4.78 is 31.3. The summed E-state index contributed by atoms with van der Waals surface area (Å²) in [5, 5.41) is 2.91. The monoisotopic (exact) mass is 517 g/mol. The van der Waals surface area contributed by atoms with Crippen LogP contribution in [0.2, 0.25) is 0 Å². The summed E-state index contributed by atoms with van der Waals surface area (Å²) in [6.07, 6.45) is 3.55. The van der Waals surface area contributed by atoms with Gasteiger partial charge in [0.2, 0.25) is 21.8 Å². The van der Waals surface area contributed by atoms with Gasteiger partial charge in [0.25, 0.3) is 0 Å². The van der Waals surface area contributed by atoms with Gasteiger partial charge in [0.05, 0.1) is 19.1 Å². The van der Waals surface area contributed by atoms with Crippen molar-refractivity contribution < 1.29 is 22.7 Å². The number of sulfonamides is 1. The fraction of sp³-hybridized carbons (Fsp3) is 0.481. The number of nitrogens with zero attached hydrogens (tertiary/aromatic N) is 2. The van der Waals surface area contributed by atoms with E-state index in [1.54, 1.807) is 36.3 Å². The summed E-state index contributed by atoms with van der Waals surface area (Å²) in [6.45, 7) is 5.00. The minimum Gasteiger partial charge on any atom is -0.497 e. The fourth-order valence-corrected chi connectivity index (χ4v) is 4.98. The van der Waals surface area contributed by atoms with E-state index in [9.17, 15) is 18.0 Å². The standard InChI is InChI=1S/C27H39N3O5S/c1-5-19-28-27(32)25(6-2)29(21-18-22-11-8-7-9-12-22)26(31)13-10-20-30(36(4,33)34)23-14-16-24(35-3)17-15-23/h7-9,11-12,14-17,25H,5-6,10,13,18-21H2,1-4H3,(H,28,32). The molecule has 198 valence electrons. The summed E-state index contributed by atoms with van der Waals surface area (Å²) in [5.74, 6) is 0.313. The van der Waals surface area contributed by atoms with Crippen LogP contribution in [0.1, 0.15) is 45.1 Å². The van der Waals surface area contributed by atoms with E-state index >= 15 is 0 Å². The second-order valence-electron chi connectivity index (χ2n) is 8.67. The van der Waals surface area contributed by atoms with E-state index in [4.69, 9.17) is 4.74 Å². The molecule has 1 atom stereocenters. The van der Waals surface area contributed by atoms with Gasteiger partial charge in [-0.25, -0.2) is 8.42 Å². The molecule has 2 rings (SSSR count). The van der Waals surface area contributed by atoms with Crippen molar-refractivity contribution in [3.63, 3.8) is 0 Å². The predicted octanol–water partition coefficient (Wildman–Crippen LogP) is 3.62. The lowest BCUT2D eigenvalue weighted by Gasteiger charge is -2.31. The molecule has 2 aromatic rings. The van der Waals surface area contributed by atoms with Crippen LogP contribution in [0.4, 0.5) is 5.69 Å². The smallest absolute Gasteiger partial charge is 0.242 e. The van der Waals surface area contributed by atoms with Gasteiger partial charge in [0, 0.05) is 26.1 Å². The minimum absolute atomic E-state index is 0.133. The molecule has 8 nitrogen and oxygen atoms in total. The molecule has 0 saturated carbocycles. The molecule has 0 aliphatic heterocycles. The number of nitrogens with one attached hydrogen (secondary N) is 1. The number of carbonyl (C=O) groups excluding carboxylic acids is 2. The summed E-state index contributed by atoms with van der Waals surface area (Å²) in [7, 11) is -2.00. The Morgan fingerprint density at radius 2 is 1.67 bits per heavy atom. The zero-order chi connectivity index (χ0) is 26.6. The third kappa shape index (κ3) is 8.86. The Kier molecular flexibility index (Phi) is 11.7. The Labute approximate surface area is 215 Å². The van der Waals surface area contributed by atoms with E-state index in [1.807, 2.05) is 44.2 Å². The number of carbonyl (C=O) groups is 2. The highest BCUT2D eigenvalue weighted by Crippen LogP contribution is 2.22. The Bertz CT molecular complexity index is 1060. The van der Waals surface area contributed by atoms with Gasteiger partial charge in [-0.2, -0.15) is 0 Å². The quantitative estimate of drug-likeness (QED) is 0.389. The van der Waals surface area contributed by atoms with Crippen molar-refractivity contribution in [2.45, 2.75) is 52.0 Å².